The van der Waals surface area contributed by atoms with Crippen LogP contribution in [-0.2, 0) is 13.5 Å². The lowest BCUT2D eigenvalue weighted by Gasteiger charge is -2.36. The highest BCUT2D eigenvalue weighted by molar-refractivity contribution is 8.13. The molecule has 1 aliphatic heterocycles. The summed E-state index contributed by atoms with van der Waals surface area (Å²) in [6.45, 7) is 0.837. The minimum Gasteiger partial charge on any atom is -0.362 e. The molecular formula is C14H22N4S. The van der Waals surface area contributed by atoms with Gasteiger partial charge in [0.05, 0.1) is 5.69 Å². The Kier molecular flexibility index (Phi) is 4.11. The standard InChI is InChI=1S/C14H22N4S/c1-18-9-7-12(17-18)6-8-15-14-16-13-5-3-2-4-11(13)10-19-14/h7,9,11,13H,2-6,8,10H2,1H3,(H,15,16). The van der Waals surface area contributed by atoms with Crippen LogP contribution in [0.1, 0.15) is 31.4 Å². The van der Waals surface area contributed by atoms with E-state index in [9.17, 15) is 0 Å². The van der Waals surface area contributed by atoms with Crippen LogP contribution in [0.4, 0.5) is 0 Å². The van der Waals surface area contributed by atoms with Crippen LogP contribution >= 0.6 is 11.8 Å². The number of nitrogens with zero attached hydrogens (tertiary/aromatic N) is 3. The molecule has 1 saturated carbocycles. The van der Waals surface area contributed by atoms with Gasteiger partial charge in [0.2, 0.25) is 0 Å². The first-order chi connectivity index (χ1) is 9.31. The molecule has 19 heavy (non-hydrogen) atoms. The molecule has 4 nitrogen and oxygen atoms in total. The van der Waals surface area contributed by atoms with E-state index in [0.29, 0.717) is 6.04 Å². The second-order valence-electron chi connectivity index (χ2n) is 5.52. The first-order valence-electron chi connectivity index (χ1n) is 7.23. The maximum atomic E-state index is 4.70. The molecule has 0 radical (unpaired) electrons. The number of hydrogen-bond acceptors (Lipinski definition) is 3. The number of fused-ring (bicyclic) bond motifs is 1. The van der Waals surface area contributed by atoms with E-state index in [0.717, 1.165) is 29.7 Å². The summed E-state index contributed by atoms with van der Waals surface area (Å²) in [5, 5.41) is 9.17. The summed E-state index contributed by atoms with van der Waals surface area (Å²) in [5.41, 5.74) is 1.13. The average molecular weight is 278 g/mol. The van der Waals surface area contributed by atoms with Crippen LogP contribution in [0.25, 0.3) is 0 Å². The highest BCUT2D eigenvalue weighted by atomic mass is 32.2. The lowest BCUT2D eigenvalue weighted by atomic mass is 9.86. The van der Waals surface area contributed by atoms with Crippen LogP contribution in [0.3, 0.4) is 0 Å². The highest BCUT2D eigenvalue weighted by Crippen LogP contribution is 2.31. The van der Waals surface area contributed by atoms with Crippen LogP contribution < -0.4 is 5.32 Å². The molecule has 1 aromatic heterocycles. The lowest BCUT2D eigenvalue weighted by molar-refractivity contribution is 0.311. The lowest BCUT2D eigenvalue weighted by Crippen LogP contribution is -2.46. The zero-order valence-corrected chi connectivity index (χ0v) is 12.3. The molecule has 0 aromatic carbocycles. The minimum absolute atomic E-state index is 0.684. The summed E-state index contributed by atoms with van der Waals surface area (Å²) in [6, 6.07) is 2.75. The van der Waals surface area contributed by atoms with E-state index >= 15 is 0 Å². The summed E-state index contributed by atoms with van der Waals surface area (Å²) < 4.78 is 1.85. The molecule has 2 unspecified atom stereocenters. The Labute approximate surface area is 119 Å². The molecule has 0 amide bonds. The number of thioether (sulfide) groups is 1. The van der Waals surface area contributed by atoms with Crippen LogP contribution in [0, 0.1) is 5.92 Å². The SMILES string of the molecule is Cn1ccc(CCN=C2NC3CCCCC3CS2)n1. The largest absolute Gasteiger partial charge is 0.362 e. The molecule has 2 heterocycles. The second-order valence-corrected chi connectivity index (χ2v) is 6.53. The summed E-state index contributed by atoms with van der Waals surface area (Å²) in [6.07, 6.45) is 8.43. The number of hydrogen-bond donors (Lipinski definition) is 1. The van der Waals surface area contributed by atoms with Crippen molar-refractivity contribution < 1.29 is 0 Å². The average Bonchev–Trinajstić information content (AvgIpc) is 2.84. The fourth-order valence-corrected chi connectivity index (χ4v) is 4.13. The van der Waals surface area contributed by atoms with Gasteiger partial charge in [-0.05, 0) is 24.8 Å². The van der Waals surface area contributed by atoms with Crippen molar-refractivity contribution in [1.29, 1.82) is 0 Å². The van der Waals surface area contributed by atoms with Gasteiger partial charge in [-0.25, -0.2) is 0 Å². The molecular weight excluding hydrogens is 256 g/mol. The van der Waals surface area contributed by atoms with E-state index in [1.165, 1.54) is 31.4 Å². The van der Waals surface area contributed by atoms with Crippen molar-refractivity contribution >= 4 is 16.9 Å². The first-order valence-corrected chi connectivity index (χ1v) is 8.22. The predicted octanol–water partition coefficient (Wildman–Crippen LogP) is 2.21. The van der Waals surface area contributed by atoms with Crippen molar-refractivity contribution in [2.24, 2.45) is 18.0 Å². The summed E-state index contributed by atoms with van der Waals surface area (Å²) in [5.74, 6) is 2.12. The maximum absolute atomic E-state index is 4.70. The van der Waals surface area contributed by atoms with E-state index in [-0.39, 0.29) is 0 Å². The summed E-state index contributed by atoms with van der Waals surface area (Å²) in [7, 11) is 1.96. The minimum atomic E-state index is 0.684. The van der Waals surface area contributed by atoms with Crippen LogP contribution in [0.2, 0.25) is 0 Å². The summed E-state index contributed by atoms with van der Waals surface area (Å²) in [4.78, 5) is 4.70. The van der Waals surface area contributed by atoms with Crippen LogP contribution in [0.15, 0.2) is 17.3 Å². The van der Waals surface area contributed by atoms with E-state index in [4.69, 9.17) is 4.99 Å². The van der Waals surface area contributed by atoms with Gasteiger partial charge in [-0.1, -0.05) is 24.6 Å². The van der Waals surface area contributed by atoms with Gasteiger partial charge < -0.3 is 5.32 Å². The van der Waals surface area contributed by atoms with Crippen molar-refractivity contribution in [3.63, 3.8) is 0 Å². The number of rotatable bonds is 3. The van der Waals surface area contributed by atoms with Gasteiger partial charge in [-0.2, -0.15) is 5.10 Å². The smallest absolute Gasteiger partial charge is 0.156 e. The first kappa shape index (κ1) is 13.0. The Balaban J connectivity index is 1.50. The Bertz CT molecular complexity index is 454. The second kappa shape index (κ2) is 5.99. The quantitative estimate of drug-likeness (QED) is 0.922. The molecule has 0 spiro atoms. The van der Waals surface area contributed by atoms with Crippen LogP contribution in [0.5, 0.6) is 0 Å². The van der Waals surface area contributed by atoms with E-state index in [1.54, 1.807) is 0 Å². The van der Waals surface area contributed by atoms with Crippen molar-refractivity contribution in [2.45, 2.75) is 38.1 Å². The zero-order chi connectivity index (χ0) is 13.1. The van der Waals surface area contributed by atoms with Crippen molar-refractivity contribution in [3.8, 4) is 0 Å². The van der Waals surface area contributed by atoms with Crippen LogP contribution in [-0.4, -0.2) is 33.3 Å². The normalized spacial score (nSPS) is 29.0. The van der Waals surface area contributed by atoms with E-state index < -0.39 is 0 Å². The van der Waals surface area contributed by atoms with E-state index in [1.807, 2.05) is 29.7 Å². The molecule has 2 aliphatic rings. The highest BCUT2D eigenvalue weighted by Gasteiger charge is 2.29. The third kappa shape index (κ3) is 3.32. The molecule has 5 heteroatoms. The predicted molar refractivity (Wildman–Crippen MR) is 80.6 cm³/mol. The van der Waals surface area contributed by atoms with E-state index in [2.05, 4.69) is 16.5 Å². The topological polar surface area (TPSA) is 42.2 Å². The monoisotopic (exact) mass is 278 g/mol. The number of aliphatic imine (C=N–C) groups is 1. The summed E-state index contributed by atoms with van der Waals surface area (Å²) >= 11 is 1.90. The number of aromatic nitrogens is 2. The maximum Gasteiger partial charge on any atom is 0.156 e. The molecule has 104 valence electrons. The van der Waals surface area contributed by atoms with Gasteiger partial charge >= 0.3 is 0 Å². The fraction of sp³-hybridized carbons (Fsp3) is 0.714. The molecule has 2 fully saturated rings. The Morgan fingerprint density at radius 3 is 3.21 bits per heavy atom. The molecule has 2 atom stereocenters. The number of amidine groups is 1. The van der Waals surface area contributed by atoms with Gasteiger partial charge in [-0.3, -0.25) is 9.67 Å². The van der Waals surface area contributed by atoms with Gasteiger partial charge in [0, 0.05) is 38.0 Å². The Morgan fingerprint density at radius 2 is 2.37 bits per heavy atom. The number of aryl methyl sites for hydroxylation is 1. The number of nitrogens with one attached hydrogen (secondary N) is 1. The van der Waals surface area contributed by atoms with Crippen molar-refractivity contribution in [1.82, 2.24) is 15.1 Å². The zero-order valence-electron chi connectivity index (χ0n) is 11.5. The molecule has 1 saturated heterocycles. The van der Waals surface area contributed by atoms with Gasteiger partial charge in [0.15, 0.2) is 5.17 Å². The van der Waals surface area contributed by atoms with Gasteiger partial charge in [0.25, 0.3) is 0 Å². The fourth-order valence-electron chi connectivity index (χ4n) is 2.94. The van der Waals surface area contributed by atoms with Crippen molar-refractivity contribution in [3.05, 3.63) is 18.0 Å². The Morgan fingerprint density at radius 1 is 1.47 bits per heavy atom. The van der Waals surface area contributed by atoms with Gasteiger partial charge in [0.1, 0.15) is 0 Å². The molecule has 1 N–H and O–H groups in total. The molecule has 1 aliphatic carbocycles. The molecule has 1 aromatic rings. The van der Waals surface area contributed by atoms with Gasteiger partial charge in [-0.15, -0.1) is 0 Å². The molecule has 0 bridgehead atoms. The molecule has 3 rings (SSSR count). The third-order valence-corrected chi connectivity index (χ3v) is 5.16. The Hall–Kier alpha value is -0.970. The third-order valence-electron chi connectivity index (χ3n) is 4.04. The van der Waals surface area contributed by atoms with Crippen molar-refractivity contribution in [2.75, 3.05) is 12.3 Å².